The zero-order valence-electron chi connectivity index (χ0n) is 8.28. The molecular weight excluding hydrogens is 180 g/mol. The Hall–Kier alpha value is -0.870. The maximum absolute atomic E-state index is 11.3. The van der Waals surface area contributed by atoms with Crippen molar-refractivity contribution in [3.63, 3.8) is 0 Å². The monoisotopic (exact) mass is 198 g/mol. The molecule has 1 fully saturated rings. The third-order valence-corrected chi connectivity index (χ3v) is 2.46. The highest BCUT2D eigenvalue weighted by molar-refractivity contribution is 5.87. The molecule has 0 aromatic carbocycles. The van der Waals surface area contributed by atoms with E-state index in [2.05, 4.69) is 5.32 Å². The van der Waals surface area contributed by atoms with Crippen molar-refractivity contribution in [1.82, 2.24) is 5.32 Å². The number of carbonyl (C=O) groups excluding carboxylic acids is 1. The Balaban J connectivity index is 2.34. The topological polar surface area (TPSA) is 75.4 Å². The van der Waals surface area contributed by atoms with Crippen LogP contribution in [0.1, 0.15) is 25.7 Å². The van der Waals surface area contributed by atoms with Gasteiger partial charge in [-0.1, -0.05) is 18.9 Å². The van der Waals surface area contributed by atoms with Gasteiger partial charge in [-0.2, -0.15) is 0 Å². The normalized spacial score (nSPS) is 27.9. The molecule has 1 saturated carbocycles. The van der Waals surface area contributed by atoms with Gasteiger partial charge in [0.2, 0.25) is 5.91 Å². The van der Waals surface area contributed by atoms with Gasteiger partial charge in [0.1, 0.15) is 0 Å². The molecule has 1 rings (SSSR count). The van der Waals surface area contributed by atoms with Crippen molar-refractivity contribution in [3.05, 3.63) is 12.2 Å². The average Bonchev–Trinajstić information content (AvgIpc) is 2.18. The van der Waals surface area contributed by atoms with Crippen LogP contribution in [0.5, 0.6) is 0 Å². The molecule has 1 amide bonds. The molecule has 0 aromatic rings. The van der Waals surface area contributed by atoms with E-state index < -0.39 is 0 Å². The van der Waals surface area contributed by atoms with Crippen molar-refractivity contribution in [2.75, 3.05) is 6.54 Å². The summed E-state index contributed by atoms with van der Waals surface area (Å²) in [5.74, 6) is -0.165. The quantitative estimate of drug-likeness (QED) is 0.555. The Labute approximate surface area is 84.2 Å². The van der Waals surface area contributed by atoms with Gasteiger partial charge < -0.3 is 16.2 Å². The first kappa shape index (κ1) is 11.2. The Morgan fingerprint density at radius 2 is 2.21 bits per heavy atom. The van der Waals surface area contributed by atoms with Gasteiger partial charge in [0.25, 0.3) is 0 Å². The molecule has 80 valence electrons. The number of rotatable bonds is 3. The van der Waals surface area contributed by atoms with E-state index in [0.717, 1.165) is 25.7 Å². The second-order valence-electron chi connectivity index (χ2n) is 3.60. The Morgan fingerprint density at radius 3 is 2.86 bits per heavy atom. The Bertz CT molecular complexity index is 216. The van der Waals surface area contributed by atoms with E-state index in [9.17, 15) is 9.90 Å². The molecule has 0 radical (unpaired) electrons. The zero-order chi connectivity index (χ0) is 10.4. The number of nitrogens with two attached hydrogens (primary N) is 1. The van der Waals surface area contributed by atoms with Crippen molar-refractivity contribution in [1.29, 1.82) is 0 Å². The first-order chi connectivity index (χ1) is 6.74. The molecule has 1 aliphatic rings. The predicted octanol–water partition coefficient (Wildman–Crippen LogP) is -0.0790. The van der Waals surface area contributed by atoms with E-state index >= 15 is 0 Å². The van der Waals surface area contributed by atoms with Crippen LogP contribution in [-0.4, -0.2) is 29.7 Å². The highest BCUT2D eigenvalue weighted by Crippen LogP contribution is 2.18. The van der Waals surface area contributed by atoms with Gasteiger partial charge in [-0.3, -0.25) is 4.79 Å². The molecule has 2 atom stereocenters. The molecule has 0 aliphatic heterocycles. The van der Waals surface area contributed by atoms with Crippen LogP contribution in [0.25, 0.3) is 0 Å². The maximum Gasteiger partial charge on any atom is 0.244 e. The van der Waals surface area contributed by atoms with Crippen LogP contribution in [0.15, 0.2) is 12.2 Å². The van der Waals surface area contributed by atoms with Crippen LogP contribution in [0.4, 0.5) is 0 Å². The molecule has 0 spiro atoms. The highest BCUT2D eigenvalue weighted by Gasteiger charge is 2.23. The second-order valence-corrected chi connectivity index (χ2v) is 3.60. The van der Waals surface area contributed by atoms with Crippen LogP contribution in [0, 0.1) is 0 Å². The van der Waals surface area contributed by atoms with E-state index in [1.807, 2.05) is 0 Å². The molecule has 4 N–H and O–H groups in total. The molecule has 2 unspecified atom stereocenters. The number of hydrogen-bond donors (Lipinski definition) is 3. The van der Waals surface area contributed by atoms with Crippen molar-refractivity contribution in [3.8, 4) is 0 Å². The van der Waals surface area contributed by atoms with Gasteiger partial charge >= 0.3 is 0 Å². The van der Waals surface area contributed by atoms with Crippen molar-refractivity contribution >= 4 is 5.91 Å². The van der Waals surface area contributed by atoms with E-state index in [1.165, 1.54) is 6.08 Å². The third kappa shape index (κ3) is 3.47. The van der Waals surface area contributed by atoms with Crippen LogP contribution >= 0.6 is 0 Å². The third-order valence-electron chi connectivity index (χ3n) is 2.46. The van der Waals surface area contributed by atoms with Gasteiger partial charge in [0.05, 0.1) is 12.1 Å². The van der Waals surface area contributed by atoms with E-state index in [1.54, 1.807) is 6.08 Å². The minimum atomic E-state index is -0.390. The van der Waals surface area contributed by atoms with E-state index in [-0.39, 0.29) is 18.1 Å². The number of hydrogen-bond acceptors (Lipinski definition) is 3. The number of aliphatic hydroxyl groups is 1. The molecule has 4 nitrogen and oxygen atoms in total. The standard InChI is InChI=1S/C10H18N2O2/c11-7-3-6-10(14)12-8-4-1-2-5-9(8)13/h3,6,8-9,13H,1-2,4-5,7,11H2,(H,12,14)/b6-3+. The first-order valence-corrected chi connectivity index (χ1v) is 5.09. The highest BCUT2D eigenvalue weighted by atomic mass is 16.3. The summed E-state index contributed by atoms with van der Waals surface area (Å²) < 4.78 is 0. The Morgan fingerprint density at radius 1 is 1.50 bits per heavy atom. The lowest BCUT2D eigenvalue weighted by Crippen LogP contribution is -2.44. The fraction of sp³-hybridized carbons (Fsp3) is 0.700. The minimum absolute atomic E-state index is 0.0846. The summed E-state index contributed by atoms with van der Waals surface area (Å²) in [5.41, 5.74) is 5.22. The molecule has 0 aromatic heterocycles. The summed E-state index contributed by atoms with van der Waals surface area (Å²) in [4.78, 5) is 11.3. The van der Waals surface area contributed by atoms with Gasteiger partial charge in [0, 0.05) is 12.6 Å². The molecule has 4 heteroatoms. The fourth-order valence-corrected chi connectivity index (χ4v) is 1.69. The van der Waals surface area contributed by atoms with Gasteiger partial charge in [-0.15, -0.1) is 0 Å². The number of aliphatic hydroxyl groups excluding tert-OH is 1. The van der Waals surface area contributed by atoms with Crippen molar-refractivity contribution in [2.24, 2.45) is 5.73 Å². The van der Waals surface area contributed by atoms with Crippen molar-refractivity contribution in [2.45, 2.75) is 37.8 Å². The summed E-state index contributed by atoms with van der Waals surface area (Å²) in [6, 6.07) is -0.0846. The van der Waals surface area contributed by atoms with Crippen LogP contribution < -0.4 is 11.1 Å². The molecule has 0 heterocycles. The molecule has 0 saturated heterocycles. The smallest absolute Gasteiger partial charge is 0.244 e. The fourth-order valence-electron chi connectivity index (χ4n) is 1.69. The second kappa shape index (κ2) is 5.78. The molecule has 1 aliphatic carbocycles. The Kier molecular flexibility index (Phi) is 4.62. The lowest BCUT2D eigenvalue weighted by atomic mass is 9.92. The maximum atomic E-state index is 11.3. The summed E-state index contributed by atoms with van der Waals surface area (Å²) in [5, 5.41) is 12.4. The molecular formula is C10H18N2O2. The first-order valence-electron chi connectivity index (χ1n) is 5.09. The zero-order valence-corrected chi connectivity index (χ0v) is 8.28. The van der Waals surface area contributed by atoms with Crippen LogP contribution in [0.2, 0.25) is 0 Å². The minimum Gasteiger partial charge on any atom is -0.391 e. The summed E-state index contributed by atoms with van der Waals surface area (Å²) >= 11 is 0. The van der Waals surface area contributed by atoms with Gasteiger partial charge in [0.15, 0.2) is 0 Å². The summed E-state index contributed by atoms with van der Waals surface area (Å²) in [6.07, 6.45) is 6.40. The molecule has 0 bridgehead atoms. The number of nitrogens with one attached hydrogen (secondary N) is 1. The lowest BCUT2D eigenvalue weighted by molar-refractivity contribution is -0.118. The largest absolute Gasteiger partial charge is 0.391 e. The summed E-state index contributed by atoms with van der Waals surface area (Å²) in [7, 11) is 0. The van der Waals surface area contributed by atoms with Crippen molar-refractivity contribution < 1.29 is 9.90 Å². The summed E-state index contributed by atoms with van der Waals surface area (Å²) in [6.45, 7) is 0.362. The predicted molar refractivity (Wildman–Crippen MR) is 54.6 cm³/mol. The average molecular weight is 198 g/mol. The van der Waals surface area contributed by atoms with Crippen LogP contribution in [0.3, 0.4) is 0 Å². The van der Waals surface area contributed by atoms with E-state index in [0.29, 0.717) is 6.54 Å². The van der Waals surface area contributed by atoms with Crippen LogP contribution in [-0.2, 0) is 4.79 Å². The van der Waals surface area contributed by atoms with E-state index in [4.69, 9.17) is 5.73 Å². The molecule has 14 heavy (non-hydrogen) atoms. The SMILES string of the molecule is NC/C=C/C(=O)NC1CCCCC1O. The number of amides is 1. The lowest BCUT2D eigenvalue weighted by Gasteiger charge is -2.27. The van der Waals surface area contributed by atoms with Gasteiger partial charge in [-0.25, -0.2) is 0 Å². The van der Waals surface area contributed by atoms with Gasteiger partial charge in [-0.05, 0) is 12.8 Å². The number of carbonyl (C=O) groups is 1.